The Labute approximate surface area is 164 Å². The molecular weight excluding hydrogens is 360 g/mol. The van der Waals surface area contributed by atoms with Crippen molar-refractivity contribution in [2.45, 2.75) is 26.7 Å². The van der Waals surface area contributed by atoms with Gasteiger partial charge in [-0.05, 0) is 49.2 Å². The highest BCUT2D eigenvalue weighted by atomic mass is 16.5. The van der Waals surface area contributed by atoms with Crippen LogP contribution in [0.5, 0.6) is 5.75 Å². The molecule has 0 radical (unpaired) electrons. The van der Waals surface area contributed by atoms with Gasteiger partial charge in [0.1, 0.15) is 5.75 Å². The van der Waals surface area contributed by atoms with E-state index in [0.717, 1.165) is 11.1 Å². The zero-order valence-corrected chi connectivity index (χ0v) is 16.2. The van der Waals surface area contributed by atoms with Gasteiger partial charge in [0, 0.05) is 12.1 Å². The van der Waals surface area contributed by atoms with E-state index in [1.165, 1.54) is 7.11 Å². The summed E-state index contributed by atoms with van der Waals surface area (Å²) in [5.41, 5.74) is 3.34. The largest absolute Gasteiger partial charge is 0.495 e. The predicted octanol–water partition coefficient (Wildman–Crippen LogP) is 3.21. The molecule has 0 bridgehead atoms. The van der Waals surface area contributed by atoms with Crippen molar-refractivity contribution in [1.29, 1.82) is 0 Å². The normalized spacial score (nSPS) is 10.1. The fourth-order valence-corrected chi connectivity index (χ4v) is 2.41. The molecule has 2 rings (SSSR count). The van der Waals surface area contributed by atoms with Crippen LogP contribution in [0.2, 0.25) is 0 Å². The average Bonchev–Trinajstić information content (AvgIpc) is 2.68. The summed E-state index contributed by atoms with van der Waals surface area (Å²) in [6.45, 7) is 3.52. The number of hydrogen-bond donors (Lipinski definition) is 2. The first-order valence-corrected chi connectivity index (χ1v) is 8.84. The number of esters is 1. The molecule has 0 aliphatic heterocycles. The van der Waals surface area contributed by atoms with Gasteiger partial charge in [-0.1, -0.05) is 18.2 Å². The predicted molar refractivity (Wildman–Crippen MR) is 106 cm³/mol. The van der Waals surface area contributed by atoms with Crippen LogP contribution in [-0.4, -0.2) is 31.5 Å². The third kappa shape index (κ3) is 6.42. The fourth-order valence-electron chi connectivity index (χ4n) is 2.41. The molecule has 148 valence electrons. The van der Waals surface area contributed by atoms with Crippen LogP contribution in [0, 0.1) is 13.8 Å². The summed E-state index contributed by atoms with van der Waals surface area (Å²) in [5.74, 6) is -0.872. The molecule has 0 saturated carbocycles. The number of aryl methyl sites for hydroxylation is 2. The quantitative estimate of drug-likeness (QED) is 0.682. The average molecular weight is 384 g/mol. The summed E-state index contributed by atoms with van der Waals surface area (Å²) in [4.78, 5) is 35.6. The van der Waals surface area contributed by atoms with Crippen LogP contribution in [-0.2, 0) is 19.1 Å². The van der Waals surface area contributed by atoms with Gasteiger partial charge in [0.2, 0.25) is 5.91 Å². The van der Waals surface area contributed by atoms with Crippen molar-refractivity contribution in [2.75, 3.05) is 24.4 Å². The minimum Gasteiger partial charge on any atom is -0.495 e. The molecule has 0 aromatic heterocycles. The van der Waals surface area contributed by atoms with E-state index < -0.39 is 18.5 Å². The second-order valence-electron chi connectivity index (χ2n) is 6.26. The number of anilines is 2. The molecule has 7 heteroatoms. The highest BCUT2D eigenvalue weighted by Gasteiger charge is 2.12. The van der Waals surface area contributed by atoms with Gasteiger partial charge >= 0.3 is 5.97 Å². The fraction of sp³-hybridized carbons (Fsp3) is 0.286. The molecule has 0 aliphatic carbocycles. The number of amides is 2. The zero-order valence-electron chi connectivity index (χ0n) is 16.2. The number of nitrogens with one attached hydrogen (secondary N) is 2. The van der Waals surface area contributed by atoms with Gasteiger partial charge in [0.25, 0.3) is 5.91 Å². The number of methoxy groups -OCH3 is 1. The highest BCUT2D eigenvalue weighted by Crippen LogP contribution is 2.23. The Balaban J connectivity index is 1.72. The third-order valence-corrected chi connectivity index (χ3v) is 4.09. The lowest BCUT2D eigenvalue weighted by molar-refractivity contribution is -0.147. The Bertz CT molecular complexity index is 864. The van der Waals surface area contributed by atoms with Crippen molar-refractivity contribution in [1.82, 2.24) is 0 Å². The summed E-state index contributed by atoms with van der Waals surface area (Å²) in [7, 11) is 1.51. The topological polar surface area (TPSA) is 93.7 Å². The molecule has 0 heterocycles. The number of benzene rings is 2. The Morgan fingerprint density at radius 2 is 1.64 bits per heavy atom. The summed E-state index contributed by atoms with van der Waals surface area (Å²) in [5, 5.41) is 5.34. The van der Waals surface area contributed by atoms with Crippen LogP contribution in [0.3, 0.4) is 0 Å². The van der Waals surface area contributed by atoms with Crippen LogP contribution >= 0.6 is 0 Å². The molecule has 0 atom stereocenters. The van der Waals surface area contributed by atoms with E-state index in [4.69, 9.17) is 9.47 Å². The highest BCUT2D eigenvalue weighted by molar-refractivity contribution is 5.95. The zero-order chi connectivity index (χ0) is 20.5. The number of carbonyl (C=O) groups is 3. The lowest BCUT2D eigenvalue weighted by Crippen LogP contribution is -2.22. The van der Waals surface area contributed by atoms with Gasteiger partial charge in [-0.15, -0.1) is 0 Å². The van der Waals surface area contributed by atoms with Crippen molar-refractivity contribution >= 4 is 29.2 Å². The first-order chi connectivity index (χ1) is 13.4. The lowest BCUT2D eigenvalue weighted by Gasteiger charge is -2.10. The van der Waals surface area contributed by atoms with Gasteiger partial charge in [-0.25, -0.2) is 0 Å². The summed E-state index contributed by atoms with van der Waals surface area (Å²) in [6, 6.07) is 12.5. The minimum absolute atomic E-state index is 0.0599. The standard InChI is InChI=1S/C21H24N2O5/c1-14-8-9-16(12-15(14)2)22-20(25)13-28-21(26)11-10-19(24)23-17-6-4-5-7-18(17)27-3/h4-9,12H,10-11,13H2,1-3H3,(H,22,25)(H,23,24). The molecule has 2 amide bonds. The molecule has 0 fully saturated rings. The second kappa shape index (κ2) is 10.1. The van der Waals surface area contributed by atoms with Crippen molar-refractivity contribution in [3.63, 3.8) is 0 Å². The SMILES string of the molecule is COc1ccccc1NC(=O)CCC(=O)OCC(=O)Nc1ccc(C)c(C)c1. The van der Waals surface area contributed by atoms with Crippen molar-refractivity contribution in [2.24, 2.45) is 0 Å². The lowest BCUT2D eigenvalue weighted by atomic mass is 10.1. The molecule has 0 saturated heterocycles. The van der Waals surface area contributed by atoms with Gasteiger partial charge in [-0.3, -0.25) is 14.4 Å². The van der Waals surface area contributed by atoms with Crippen LogP contribution in [0.1, 0.15) is 24.0 Å². The van der Waals surface area contributed by atoms with Gasteiger partial charge in [0.15, 0.2) is 6.61 Å². The van der Waals surface area contributed by atoms with E-state index in [9.17, 15) is 14.4 Å². The Morgan fingerprint density at radius 1 is 0.893 bits per heavy atom. The van der Waals surface area contributed by atoms with Crippen molar-refractivity contribution in [3.8, 4) is 5.75 Å². The number of rotatable bonds is 8. The van der Waals surface area contributed by atoms with Crippen LogP contribution in [0.4, 0.5) is 11.4 Å². The summed E-state index contributed by atoms with van der Waals surface area (Å²) >= 11 is 0. The van der Waals surface area contributed by atoms with Gasteiger partial charge < -0.3 is 20.1 Å². The smallest absolute Gasteiger partial charge is 0.306 e. The van der Waals surface area contributed by atoms with E-state index in [1.807, 2.05) is 26.0 Å². The second-order valence-corrected chi connectivity index (χ2v) is 6.26. The Hall–Kier alpha value is -3.35. The van der Waals surface area contributed by atoms with Crippen LogP contribution in [0.25, 0.3) is 0 Å². The number of carbonyl (C=O) groups excluding carboxylic acids is 3. The maximum atomic E-state index is 12.0. The molecule has 2 aromatic carbocycles. The molecule has 0 spiro atoms. The van der Waals surface area contributed by atoms with E-state index in [0.29, 0.717) is 17.1 Å². The maximum absolute atomic E-state index is 12.0. The summed E-state index contributed by atoms with van der Waals surface area (Å²) in [6.07, 6.45) is -0.187. The van der Waals surface area contributed by atoms with Crippen LogP contribution < -0.4 is 15.4 Å². The van der Waals surface area contributed by atoms with E-state index in [-0.39, 0.29) is 18.7 Å². The van der Waals surface area contributed by atoms with Gasteiger partial charge in [0.05, 0.1) is 19.2 Å². The third-order valence-electron chi connectivity index (χ3n) is 4.09. The van der Waals surface area contributed by atoms with E-state index >= 15 is 0 Å². The molecular formula is C21H24N2O5. The van der Waals surface area contributed by atoms with E-state index in [2.05, 4.69) is 10.6 Å². The monoisotopic (exact) mass is 384 g/mol. The maximum Gasteiger partial charge on any atom is 0.306 e. The number of ether oxygens (including phenoxy) is 2. The van der Waals surface area contributed by atoms with Gasteiger partial charge in [-0.2, -0.15) is 0 Å². The molecule has 0 aliphatic rings. The number of hydrogen-bond acceptors (Lipinski definition) is 5. The van der Waals surface area contributed by atoms with E-state index in [1.54, 1.807) is 30.3 Å². The summed E-state index contributed by atoms with van der Waals surface area (Å²) < 4.78 is 10.1. The van der Waals surface area contributed by atoms with Crippen molar-refractivity contribution < 1.29 is 23.9 Å². The number of para-hydroxylation sites is 2. The molecule has 0 unspecified atom stereocenters. The molecule has 2 N–H and O–H groups in total. The van der Waals surface area contributed by atoms with Crippen LogP contribution in [0.15, 0.2) is 42.5 Å². The molecule has 2 aromatic rings. The Kier molecular flexibility index (Phi) is 7.56. The molecule has 7 nitrogen and oxygen atoms in total. The first-order valence-electron chi connectivity index (χ1n) is 8.84. The molecule has 28 heavy (non-hydrogen) atoms. The Morgan fingerprint density at radius 3 is 2.36 bits per heavy atom. The first kappa shape index (κ1) is 21.0. The van der Waals surface area contributed by atoms with Crippen molar-refractivity contribution in [3.05, 3.63) is 53.6 Å². The minimum atomic E-state index is -0.620.